The van der Waals surface area contributed by atoms with Crippen molar-refractivity contribution in [3.05, 3.63) is 45.1 Å². The van der Waals surface area contributed by atoms with Crippen LogP contribution in [0.15, 0.2) is 38.8 Å². The number of hydrogen-bond acceptors (Lipinski definition) is 7. The summed E-state index contributed by atoms with van der Waals surface area (Å²) in [6.07, 6.45) is 3.20. The van der Waals surface area contributed by atoms with Crippen molar-refractivity contribution in [2.24, 2.45) is 0 Å². The number of rotatable bonds is 9. The summed E-state index contributed by atoms with van der Waals surface area (Å²) in [5.41, 5.74) is 5.15. The zero-order valence-corrected chi connectivity index (χ0v) is 19.7. The fourth-order valence-electron chi connectivity index (χ4n) is 3.79. The van der Waals surface area contributed by atoms with Gasteiger partial charge >= 0.3 is 5.69 Å². The number of nitrogens with one attached hydrogen (secondary N) is 2. The number of nitrogens with two attached hydrogens (primary N) is 1. The van der Waals surface area contributed by atoms with Gasteiger partial charge in [0.05, 0.1) is 11.4 Å². The Bertz CT molecular complexity index is 1230. The lowest BCUT2D eigenvalue weighted by Crippen LogP contribution is -2.39. The van der Waals surface area contributed by atoms with Gasteiger partial charge in [-0.2, -0.15) is 4.31 Å². The molecule has 0 spiro atoms. The lowest BCUT2D eigenvalue weighted by atomic mass is 10.3. The predicted molar refractivity (Wildman–Crippen MR) is 127 cm³/mol. The van der Waals surface area contributed by atoms with Crippen molar-refractivity contribution < 1.29 is 13.2 Å². The van der Waals surface area contributed by atoms with Crippen LogP contribution in [0.3, 0.4) is 0 Å². The molecule has 3 rings (SSSR count). The summed E-state index contributed by atoms with van der Waals surface area (Å²) in [4.78, 5) is 40.8. The van der Waals surface area contributed by atoms with Crippen LogP contribution < -0.4 is 27.2 Å². The topological polar surface area (TPSA) is 151 Å². The average molecular weight is 479 g/mol. The molecule has 1 aliphatic rings. The molecule has 0 aliphatic carbocycles. The van der Waals surface area contributed by atoms with Gasteiger partial charge in [0.1, 0.15) is 11.5 Å². The second-order valence-electron chi connectivity index (χ2n) is 8.04. The lowest BCUT2D eigenvalue weighted by molar-refractivity contribution is -0.114. The first kappa shape index (κ1) is 24.5. The van der Waals surface area contributed by atoms with E-state index in [0.717, 1.165) is 19.3 Å². The van der Waals surface area contributed by atoms with Gasteiger partial charge in [-0.25, -0.2) is 13.2 Å². The van der Waals surface area contributed by atoms with Crippen LogP contribution in [0.2, 0.25) is 0 Å². The van der Waals surface area contributed by atoms with E-state index in [1.165, 1.54) is 33.0 Å². The molecule has 1 fully saturated rings. The molecule has 0 bridgehead atoms. The number of unbranched alkanes of at least 4 members (excludes halogenated alkanes) is 1. The van der Waals surface area contributed by atoms with Crippen LogP contribution in [0, 0.1) is 0 Å². The number of aromatic nitrogens is 2. The van der Waals surface area contributed by atoms with Crippen molar-refractivity contribution in [1.29, 1.82) is 0 Å². The van der Waals surface area contributed by atoms with E-state index in [9.17, 15) is 22.8 Å². The molecule has 1 amide bonds. The van der Waals surface area contributed by atoms with Crippen molar-refractivity contribution in [1.82, 2.24) is 13.9 Å². The van der Waals surface area contributed by atoms with Gasteiger partial charge in [0.15, 0.2) is 0 Å². The number of sulfonamides is 1. The number of anilines is 3. The van der Waals surface area contributed by atoms with Crippen molar-refractivity contribution >= 4 is 33.1 Å². The maximum absolute atomic E-state index is 12.8. The Labute approximate surface area is 192 Å². The van der Waals surface area contributed by atoms with Gasteiger partial charge < -0.3 is 16.0 Å². The number of hydrogen-bond donors (Lipinski definition) is 3. The van der Waals surface area contributed by atoms with Crippen LogP contribution in [-0.4, -0.2) is 54.9 Å². The van der Waals surface area contributed by atoms with E-state index in [0.29, 0.717) is 31.7 Å². The molecule has 4 N–H and O–H groups in total. The minimum atomic E-state index is -3.61. The standard InChI is InChI=1S/C21H30N6O5S/c1-3-4-12-27-19(22)18(20(29)24-21(27)30)25(2)14-17(28)23-15-8-7-9-16(13-15)33(31,32)26-10-5-6-11-26/h7-9,13H,3-6,10-12,14,22H2,1-2H3,(H,23,28)(H,24,29,30). The fourth-order valence-corrected chi connectivity index (χ4v) is 5.35. The highest BCUT2D eigenvalue weighted by Crippen LogP contribution is 2.23. The van der Waals surface area contributed by atoms with Gasteiger partial charge in [-0.05, 0) is 37.5 Å². The van der Waals surface area contributed by atoms with Crippen LogP contribution in [0.5, 0.6) is 0 Å². The molecule has 0 radical (unpaired) electrons. The quantitative estimate of drug-likeness (QED) is 0.482. The number of H-pyrrole nitrogens is 1. The molecule has 11 nitrogen and oxygen atoms in total. The highest BCUT2D eigenvalue weighted by atomic mass is 32.2. The second-order valence-corrected chi connectivity index (χ2v) is 9.98. The summed E-state index contributed by atoms with van der Waals surface area (Å²) in [6, 6.07) is 6.06. The van der Waals surface area contributed by atoms with E-state index in [1.54, 1.807) is 12.1 Å². The van der Waals surface area contributed by atoms with Gasteiger partial charge in [-0.3, -0.25) is 19.1 Å². The van der Waals surface area contributed by atoms with E-state index in [-0.39, 0.29) is 22.9 Å². The number of amides is 1. The minimum absolute atomic E-state index is 0.00814. The highest BCUT2D eigenvalue weighted by Gasteiger charge is 2.27. The first-order valence-electron chi connectivity index (χ1n) is 10.9. The second kappa shape index (κ2) is 10.2. The fraction of sp³-hybridized carbons (Fsp3) is 0.476. The Hall–Kier alpha value is -3.12. The molecule has 0 unspecified atom stereocenters. The van der Waals surface area contributed by atoms with Gasteiger partial charge in [-0.15, -0.1) is 0 Å². The van der Waals surface area contributed by atoms with Gasteiger partial charge in [0.2, 0.25) is 15.9 Å². The van der Waals surface area contributed by atoms with E-state index in [1.807, 2.05) is 6.92 Å². The SMILES string of the molecule is CCCCn1c(N)c(N(C)CC(=O)Nc2cccc(S(=O)(=O)N3CCCC3)c2)c(=O)[nH]c1=O. The average Bonchev–Trinajstić information content (AvgIpc) is 3.29. The number of aromatic amines is 1. The molecule has 0 atom stereocenters. The molecule has 2 aromatic rings. The Morgan fingerprint density at radius 3 is 2.61 bits per heavy atom. The monoisotopic (exact) mass is 478 g/mol. The first-order chi connectivity index (χ1) is 15.6. The molecule has 2 heterocycles. The van der Waals surface area contributed by atoms with E-state index < -0.39 is 27.2 Å². The third kappa shape index (κ3) is 5.45. The molecule has 1 saturated heterocycles. The van der Waals surface area contributed by atoms with Crippen LogP contribution in [0.25, 0.3) is 0 Å². The summed E-state index contributed by atoms with van der Waals surface area (Å²) in [7, 11) is -2.10. The van der Waals surface area contributed by atoms with Crippen molar-refractivity contribution in [3.8, 4) is 0 Å². The van der Waals surface area contributed by atoms with E-state index in [2.05, 4.69) is 10.3 Å². The van der Waals surface area contributed by atoms with Gasteiger partial charge in [0.25, 0.3) is 5.56 Å². The smallest absolute Gasteiger partial charge is 0.330 e. The molecule has 1 aliphatic heterocycles. The molecule has 12 heteroatoms. The van der Waals surface area contributed by atoms with Crippen LogP contribution in [0.4, 0.5) is 17.2 Å². The predicted octanol–water partition coefficient (Wildman–Crippen LogP) is 0.778. The highest BCUT2D eigenvalue weighted by molar-refractivity contribution is 7.89. The van der Waals surface area contributed by atoms with E-state index in [4.69, 9.17) is 5.73 Å². The van der Waals surface area contributed by atoms with Crippen molar-refractivity contribution in [2.75, 3.05) is 42.6 Å². The number of carbonyl (C=O) groups is 1. The first-order valence-corrected chi connectivity index (χ1v) is 12.3. The molecular formula is C21H30N6O5S. The number of nitrogen functional groups attached to an aromatic ring is 1. The summed E-state index contributed by atoms with van der Waals surface area (Å²) in [5, 5.41) is 2.66. The zero-order chi connectivity index (χ0) is 24.2. The molecule has 0 saturated carbocycles. The maximum atomic E-state index is 12.8. The number of nitrogens with zero attached hydrogens (tertiary/aromatic N) is 3. The summed E-state index contributed by atoms with van der Waals surface area (Å²) in [6.45, 7) is 3.06. The normalized spacial score (nSPS) is 14.4. The number of carbonyl (C=O) groups excluding carboxylic acids is 1. The lowest BCUT2D eigenvalue weighted by Gasteiger charge is -2.21. The molecule has 1 aromatic carbocycles. The summed E-state index contributed by atoms with van der Waals surface area (Å²) >= 11 is 0. The molecular weight excluding hydrogens is 448 g/mol. The third-order valence-electron chi connectivity index (χ3n) is 5.53. The van der Waals surface area contributed by atoms with Crippen molar-refractivity contribution in [2.45, 2.75) is 44.0 Å². The zero-order valence-electron chi connectivity index (χ0n) is 18.8. The Kier molecular flexibility index (Phi) is 7.59. The van der Waals surface area contributed by atoms with Gasteiger partial charge in [0, 0.05) is 32.4 Å². The molecule has 1 aromatic heterocycles. The number of likely N-dealkylation sites (N-methyl/N-ethyl adjacent to an activating group) is 1. The molecule has 33 heavy (non-hydrogen) atoms. The third-order valence-corrected chi connectivity index (χ3v) is 7.43. The van der Waals surface area contributed by atoms with Crippen LogP contribution >= 0.6 is 0 Å². The summed E-state index contributed by atoms with van der Waals surface area (Å²) in [5.74, 6) is -0.482. The maximum Gasteiger partial charge on any atom is 0.330 e. The Morgan fingerprint density at radius 1 is 1.24 bits per heavy atom. The Balaban J connectivity index is 1.75. The summed E-state index contributed by atoms with van der Waals surface area (Å²) < 4.78 is 28.3. The van der Waals surface area contributed by atoms with Crippen molar-refractivity contribution in [3.63, 3.8) is 0 Å². The van der Waals surface area contributed by atoms with Gasteiger partial charge in [-0.1, -0.05) is 19.4 Å². The largest absolute Gasteiger partial charge is 0.383 e. The van der Waals surface area contributed by atoms with E-state index >= 15 is 0 Å². The van der Waals surface area contributed by atoms with Crippen LogP contribution in [0.1, 0.15) is 32.6 Å². The molecule has 180 valence electrons. The minimum Gasteiger partial charge on any atom is -0.383 e. The Morgan fingerprint density at radius 2 is 1.94 bits per heavy atom. The van der Waals surface area contributed by atoms with Crippen LogP contribution in [-0.2, 0) is 21.4 Å². The number of benzene rings is 1.